The van der Waals surface area contributed by atoms with Gasteiger partial charge in [-0.3, -0.25) is 14.5 Å². The van der Waals surface area contributed by atoms with Crippen molar-refractivity contribution in [2.24, 2.45) is 17.8 Å². The molecule has 1 aromatic heterocycles. The third-order valence-corrected chi connectivity index (χ3v) is 7.30. The van der Waals surface area contributed by atoms with Crippen molar-refractivity contribution in [3.8, 4) is 5.75 Å². The average Bonchev–Trinajstić information content (AvgIpc) is 3.45. The lowest BCUT2D eigenvalue weighted by Gasteiger charge is -2.23. The van der Waals surface area contributed by atoms with Gasteiger partial charge in [-0.05, 0) is 24.5 Å². The summed E-state index contributed by atoms with van der Waals surface area (Å²) in [5, 5.41) is 3.64. The maximum atomic E-state index is 13.4. The van der Waals surface area contributed by atoms with Gasteiger partial charge in [0.15, 0.2) is 5.13 Å². The Morgan fingerprint density at radius 1 is 1.47 bits per heavy atom. The molecule has 2 fully saturated rings. The molecule has 30 heavy (non-hydrogen) atoms. The number of thiazole rings is 1. The lowest BCUT2D eigenvalue weighted by atomic mass is 9.77. The lowest BCUT2D eigenvalue weighted by molar-refractivity contribution is -0.131. The molecule has 4 atom stereocenters. The molecule has 2 aromatic rings. The smallest absolute Gasteiger partial charge is 0.236 e. The largest absolute Gasteiger partial charge is 0.497 e. The fraction of sp³-hybridized carbons (Fsp3) is 0.500. The van der Waals surface area contributed by atoms with E-state index in [1.807, 2.05) is 30.4 Å². The van der Waals surface area contributed by atoms with Crippen LogP contribution in [-0.2, 0) is 14.3 Å². The van der Waals surface area contributed by atoms with Gasteiger partial charge < -0.3 is 14.8 Å². The van der Waals surface area contributed by atoms with Crippen LogP contribution in [0.4, 0.5) is 5.13 Å². The maximum Gasteiger partial charge on any atom is 0.236 e. The van der Waals surface area contributed by atoms with Gasteiger partial charge in [0.25, 0.3) is 0 Å². The molecule has 2 amide bonds. The fourth-order valence-electron chi connectivity index (χ4n) is 4.70. The molecule has 7 nitrogen and oxygen atoms in total. The first-order chi connectivity index (χ1) is 14.4. The molecule has 0 radical (unpaired) electrons. The molecule has 8 heteroatoms. The van der Waals surface area contributed by atoms with Gasteiger partial charge in [0.05, 0.1) is 41.8 Å². The summed E-state index contributed by atoms with van der Waals surface area (Å²) in [6.45, 7) is 5.24. The summed E-state index contributed by atoms with van der Waals surface area (Å²) < 4.78 is 12.5. The minimum Gasteiger partial charge on any atom is -0.497 e. The SMILES string of the molecule is COc1ccc2sc(N3CC45C=C[C@@H](O4)C(C(=O)NCCC(C)C)C5C3=O)nc2c1. The number of fused-ring (bicyclic) bond motifs is 2. The summed E-state index contributed by atoms with van der Waals surface area (Å²) in [6, 6.07) is 5.69. The first kappa shape index (κ1) is 19.5. The number of carbonyl (C=O) groups is 2. The number of carbonyl (C=O) groups excluding carboxylic acids is 2. The van der Waals surface area contributed by atoms with Crippen LogP contribution in [0.2, 0.25) is 0 Å². The number of ether oxygens (including phenoxy) is 2. The summed E-state index contributed by atoms with van der Waals surface area (Å²) in [5.74, 6) is 0.0555. The van der Waals surface area contributed by atoms with Crippen molar-refractivity contribution < 1.29 is 19.1 Å². The Morgan fingerprint density at radius 3 is 3.07 bits per heavy atom. The van der Waals surface area contributed by atoms with Crippen LogP contribution >= 0.6 is 11.3 Å². The zero-order chi connectivity index (χ0) is 21.0. The monoisotopic (exact) mass is 427 g/mol. The Kier molecular flexibility index (Phi) is 4.59. The van der Waals surface area contributed by atoms with Crippen molar-refractivity contribution in [3.05, 3.63) is 30.4 Å². The molecule has 0 aliphatic carbocycles. The first-order valence-corrected chi connectivity index (χ1v) is 11.1. The molecule has 158 valence electrons. The lowest BCUT2D eigenvalue weighted by Crippen LogP contribution is -2.44. The number of methoxy groups -OCH3 is 1. The molecular weight excluding hydrogens is 402 g/mol. The zero-order valence-corrected chi connectivity index (χ0v) is 18.1. The van der Waals surface area contributed by atoms with E-state index < -0.39 is 17.4 Å². The molecule has 5 rings (SSSR count). The van der Waals surface area contributed by atoms with Gasteiger partial charge in [-0.15, -0.1) is 0 Å². The number of anilines is 1. The van der Waals surface area contributed by atoms with Crippen LogP contribution in [0, 0.1) is 17.8 Å². The van der Waals surface area contributed by atoms with Crippen LogP contribution in [0.15, 0.2) is 30.4 Å². The van der Waals surface area contributed by atoms with E-state index >= 15 is 0 Å². The summed E-state index contributed by atoms with van der Waals surface area (Å²) in [4.78, 5) is 32.7. The zero-order valence-electron chi connectivity index (χ0n) is 17.3. The van der Waals surface area contributed by atoms with E-state index in [9.17, 15) is 9.59 Å². The van der Waals surface area contributed by atoms with Crippen molar-refractivity contribution in [1.29, 1.82) is 0 Å². The molecule has 3 aliphatic heterocycles. The summed E-state index contributed by atoms with van der Waals surface area (Å²) in [7, 11) is 1.62. The van der Waals surface area contributed by atoms with E-state index in [-0.39, 0.29) is 17.9 Å². The number of nitrogens with one attached hydrogen (secondary N) is 1. The Balaban J connectivity index is 1.41. The Morgan fingerprint density at radius 2 is 2.30 bits per heavy atom. The maximum absolute atomic E-state index is 13.4. The van der Waals surface area contributed by atoms with Crippen molar-refractivity contribution in [2.45, 2.75) is 32.0 Å². The highest BCUT2D eigenvalue weighted by Gasteiger charge is 2.67. The quantitative estimate of drug-likeness (QED) is 0.717. The standard InChI is InChI=1S/C22H25N3O4S/c1-12(2)7-9-23-19(26)17-15-6-8-22(29-15)11-25(20(27)18(17)22)21-24-14-10-13(28-3)4-5-16(14)30-21/h4-6,8,10,12,15,17-18H,7,9,11H2,1-3H3,(H,23,26)/t15-,17?,18?,22?/m1/s1. The van der Waals surface area contributed by atoms with E-state index in [0.717, 1.165) is 22.4 Å². The average molecular weight is 428 g/mol. The first-order valence-electron chi connectivity index (χ1n) is 10.3. The Labute approximate surface area is 179 Å². The molecule has 2 saturated heterocycles. The predicted octanol–water partition coefficient (Wildman–Crippen LogP) is 2.75. The number of nitrogens with zero attached hydrogens (tertiary/aromatic N) is 2. The summed E-state index contributed by atoms with van der Waals surface area (Å²) in [6.07, 6.45) is 4.47. The molecular formula is C22H25N3O4S. The molecule has 4 heterocycles. The molecule has 2 bridgehead atoms. The fourth-order valence-corrected chi connectivity index (χ4v) is 5.65. The highest BCUT2D eigenvalue weighted by atomic mass is 32.1. The number of rotatable bonds is 6. The minimum absolute atomic E-state index is 0.0862. The van der Waals surface area contributed by atoms with Gasteiger partial charge in [0.1, 0.15) is 11.4 Å². The van der Waals surface area contributed by atoms with Gasteiger partial charge in [-0.1, -0.05) is 37.3 Å². The second-order valence-electron chi connectivity index (χ2n) is 8.63. The highest BCUT2D eigenvalue weighted by Crippen LogP contribution is 2.53. The van der Waals surface area contributed by atoms with Crippen LogP contribution in [-0.4, -0.2) is 48.7 Å². The molecule has 1 aromatic carbocycles. The van der Waals surface area contributed by atoms with Crippen molar-refractivity contribution >= 4 is 38.5 Å². The predicted molar refractivity (Wildman–Crippen MR) is 115 cm³/mol. The number of hydrogen-bond acceptors (Lipinski definition) is 6. The second kappa shape index (κ2) is 7.06. The number of aromatic nitrogens is 1. The van der Waals surface area contributed by atoms with Crippen LogP contribution < -0.4 is 15.0 Å². The molecule has 3 aliphatic rings. The van der Waals surface area contributed by atoms with Crippen molar-refractivity contribution in [2.75, 3.05) is 25.1 Å². The second-order valence-corrected chi connectivity index (χ2v) is 9.64. The molecule has 3 unspecified atom stereocenters. The van der Waals surface area contributed by atoms with Crippen LogP contribution in [0.1, 0.15) is 20.3 Å². The molecule has 1 N–H and O–H groups in total. The van der Waals surface area contributed by atoms with Crippen molar-refractivity contribution in [1.82, 2.24) is 10.3 Å². The Hall–Kier alpha value is -2.45. The van der Waals surface area contributed by atoms with Gasteiger partial charge in [0.2, 0.25) is 11.8 Å². The number of amides is 2. The van der Waals surface area contributed by atoms with Gasteiger partial charge in [-0.2, -0.15) is 0 Å². The van der Waals surface area contributed by atoms with E-state index in [1.54, 1.807) is 12.0 Å². The van der Waals surface area contributed by atoms with Gasteiger partial charge in [0, 0.05) is 12.6 Å². The van der Waals surface area contributed by atoms with Crippen LogP contribution in [0.25, 0.3) is 10.2 Å². The van der Waals surface area contributed by atoms with E-state index in [2.05, 4.69) is 24.1 Å². The van der Waals surface area contributed by atoms with E-state index in [4.69, 9.17) is 9.47 Å². The topological polar surface area (TPSA) is 80.8 Å². The Bertz CT molecular complexity index is 1050. The van der Waals surface area contributed by atoms with Crippen LogP contribution in [0.3, 0.4) is 0 Å². The molecule has 1 spiro atoms. The highest BCUT2D eigenvalue weighted by molar-refractivity contribution is 7.22. The third-order valence-electron chi connectivity index (χ3n) is 6.24. The van der Waals surface area contributed by atoms with Crippen molar-refractivity contribution in [3.63, 3.8) is 0 Å². The summed E-state index contributed by atoms with van der Waals surface area (Å²) >= 11 is 1.46. The third kappa shape index (κ3) is 2.93. The molecule has 0 saturated carbocycles. The van der Waals surface area contributed by atoms with E-state index in [1.165, 1.54) is 11.3 Å². The van der Waals surface area contributed by atoms with Gasteiger partial charge >= 0.3 is 0 Å². The minimum atomic E-state index is -0.739. The number of benzene rings is 1. The summed E-state index contributed by atoms with van der Waals surface area (Å²) in [5.41, 5.74) is 0.0533. The number of hydrogen-bond donors (Lipinski definition) is 1. The normalized spacial score (nSPS) is 29.3. The van der Waals surface area contributed by atoms with Gasteiger partial charge in [-0.25, -0.2) is 4.98 Å². The van der Waals surface area contributed by atoms with Crippen LogP contribution in [0.5, 0.6) is 5.75 Å². The van der Waals surface area contributed by atoms with E-state index in [0.29, 0.717) is 24.1 Å².